The standard InChI is InChI=1S/C21H17NO6S2/c23-18(24)12-28-15-8-4-7-14(9-15)11-17-19(25)22(21(29)30-17)16(20(26)27)10-13-5-2-1-3-6-13/h1-9,11,16H,10,12H2,(H,23,24)(H,26,27)/b17-11-. The SMILES string of the molecule is O=C(O)COc1cccc(/C=C2\SC(=S)N(C(Cc3ccccc3)C(=O)O)C2=O)c1. The first-order valence-corrected chi connectivity index (χ1v) is 10.1. The lowest BCUT2D eigenvalue weighted by Crippen LogP contribution is -2.45. The minimum Gasteiger partial charge on any atom is -0.482 e. The van der Waals surface area contributed by atoms with Gasteiger partial charge < -0.3 is 14.9 Å². The monoisotopic (exact) mass is 443 g/mol. The number of hydrogen-bond acceptors (Lipinski definition) is 6. The Kier molecular flexibility index (Phi) is 6.86. The Morgan fingerprint density at radius 2 is 1.87 bits per heavy atom. The van der Waals surface area contributed by atoms with Gasteiger partial charge in [-0.15, -0.1) is 0 Å². The third kappa shape index (κ3) is 5.25. The summed E-state index contributed by atoms with van der Waals surface area (Å²) >= 11 is 6.32. The largest absolute Gasteiger partial charge is 0.482 e. The number of carboxylic acids is 2. The van der Waals surface area contributed by atoms with Crippen LogP contribution in [-0.4, -0.2) is 49.9 Å². The van der Waals surface area contributed by atoms with E-state index in [9.17, 15) is 19.5 Å². The van der Waals surface area contributed by atoms with Crippen molar-refractivity contribution < 1.29 is 29.3 Å². The van der Waals surface area contributed by atoms with E-state index >= 15 is 0 Å². The van der Waals surface area contributed by atoms with Crippen molar-refractivity contribution in [3.05, 3.63) is 70.6 Å². The molecule has 30 heavy (non-hydrogen) atoms. The van der Waals surface area contributed by atoms with Crippen molar-refractivity contribution in [3.63, 3.8) is 0 Å². The molecule has 9 heteroatoms. The van der Waals surface area contributed by atoms with E-state index in [4.69, 9.17) is 22.1 Å². The van der Waals surface area contributed by atoms with Crippen LogP contribution >= 0.6 is 24.0 Å². The first kappa shape index (κ1) is 21.5. The highest BCUT2D eigenvalue weighted by Gasteiger charge is 2.40. The number of thioether (sulfide) groups is 1. The summed E-state index contributed by atoms with van der Waals surface area (Å²) in [5, 5.41) is 18.4. The zero-order chi connectivity index (χ0) is 21.7. The number of benzene rings is 2. The summed E-state index contributed by atoms with van der Waals surface area (Å²) < 4.78 is 5.32. The molecular weight excluding hydrogens is 426 g/mol. The van der Waals surface area contributed by atoms with E-state index in [1.807, 2.05) is 6.07 Å². The van der Waals surface area contributed by atoms with Gasteiger partial charge in [-0.25, -0.2) is 9.59 Å². The van der Waals surface area contributed by atoms with Gasteiger partial charge in [0.05, 0.1) is 4.91 Å². The van der Waals surface area contributed by atoms with Gasteiger partial charge in [-0.1, -0.05) is 66.4 Å². The number of carboxylic acid groups (broad SMARTS) is 2. The van der Waals surface area contributed by atoms with E-state index in [2.05, 4.69) is 0 Å². The highest BCUT2D eigenvalue weighted by Crippen LogP contribution is 2.35. The highest BCUT2D eigenvalue weighted by atomic mass is 32.2. The normalized spacial score (nSPS) is 16.0. The molecule has 1 aliphatic heterocycles. The van der Waals surface area contributed by atoms with Gasteiger partial charge in [0.1, 0.15) is 16.1 Å². The Morgan fingerprint density at radius 3 is 2.53 bits per heavy atom. The number of rotatable bonds is 8. The van der Waals surface area contributed by atoms with Crippen LogP contribution in [0.4, 0.5) is 0 Å². The van der Waals surface area contributed by atoms with E-state index in [0.29, 0.717) is 11.3 Å². The molecule has 1 saturated heterocycles. The lowest BCUT2D eigenvalue weighted by atomic mass is 10.0. The minimum atomic E-state index is -1.14. The van der Waals surface area contributed by atoms with Crippen LogP contribution in [0.25, 0.3) is 6.08 Å². The molecule has 2 aromatic carbocycles. The van der Waals surface area contributed by atoms with Crippen LogP contribution in [0, 0.1) is 0 Å². The predicted octanol–water partition coefficient (Wildman–Crippen LogP) is 3.05. The predicted molar refractivity (Wildman–Crippen MR) is 116 cm³/mol. The topological polar surface area (TPSA) is 104 Å². The fraction of sp³-hybridized carbons (Fsp3) is 0.143. The molecule has 0 aliphatic carbocycles. The second-order valence-electron chi connectivity index (χ2n) is 6.35. The van der Waals surface area contributed by atoms with Crippen molar-refractivity contribution in [2.45, 2.75) is 12.5 Å². The molecule has 1 heterocycles. The molecule has 2 aromatic rings. The van der Waals surface area contributed by atoms with Gasteiger partial charge in [0.25, 0.3) is 5.91 Å². The first-order chi connectivity index (χ1) is 14.3. The lowest BCUT2D eigenvalue weighted by molar-refractivity contribution is -0.145. The molecule has 154 valence electrons. The van der Waals surface area contributed by atoms with Gasteiger partial charge in [0, 0.05) is 6.42 Å². The zero-order valence-corrected chi connectivity index (χ0v) is 17.2. The smallest absolute Gasteiger partial charge is 0.341 e. The highest BCUT2D eigenvalue weighted by molar-refractivity contribution is 8.26. The second-order valence-corrected chi connectivity index (χ2v) is 8.03. The molecule has 0 spiro atoms. The summed E-state index contributed by atoms with van der Waals surface area (Å²) in [6.45, 7) is -0.481. The van der Waals surface area contributed by atoms with Crippen LogP contribution in [0.3, 0.4) is 0 Å². The molecular formula is C21H17NO6S2. The molecule has 7 nitrogen and oxygen atoms in total. The van der Waals surface area contributed by atoms with Crippen LogP contribution in [0.2, 0.25) is 0 Å². The number of nitrogens with zero attached hydrogens (tertiary/aromatic N) is 1. The van der Waals surface area contributed by atoms with Gasteiger partial charge in [-0.3, -0.25) is 9.69 Å². The average molecular weight is 444 g/mol. The molecule has 1 amide bonds. The number of carbonyl (C=O) groups is 3. The number of thiocarbonyl (C=S) groups is 1. The summed E-state index contributed by atoms with van der Waals surface area (Å²) in [4.78, 5) is 36.9. The molecule has 0 saturated carbocycles. The number of aliphatic carboxylic acids is 2. The maximum atomic E-state index is 12.9. The minimum absolute atomic E-state index is 0.133. The van der Waals surface area contributed by atoms with E-state index < -0.39 is 30.5 Å². The fourth-order valence-electron chi connectivity index (χ4n) is 2.87. The number of amides is 1. The van der Waals surface area contributed by atoms with Gasteiger partial charge >= 0.3 is 11.9 Å². The van der Waals surface area contributed by atoms with Gasteiger partial charge in [-0.2, -0.15) is 0 Å². The van der Waals surface area contributed by atoms with Crippen molar-refractivity contribution in [3.8, 4) is 5.75 Å². The number of carbonyl (C=O) groups excluding carboxylic acids is 1. The van der Waals surface area contributed by atoms with Crippen molar-refractivity contribution in [1.82, 2.24) is 4.90 Å². The zero-order valence-electron chi connectivity index (χ0n) is 15.6. The molecule has 1 unspecified atom stereocenters. The van der Waals surface area contributed by atoms with Crippen LogP contribution < -0.4 is 4.74 Å². The van der Waals surface area contributed by atoms with Crippen LogP contribution in [0.15, 0.2) is 59.5 Å². The molecule has 2 N–H and O–H groups in total. The molecule has 1 fully saturated rings. The number of ether oxygens (including phenoxy) is 1. The van der Waals surface area contributed by atoms with Crippen LogP contribution in [0.1, 0.15) is 11.1 Å². The Bertz CT molecular complexity index is 1020. The van der Waals surface area contributed by atoms with E-state index in [-0.39, 0.29) is 15.6 Å². The van der Waals surface area contributed by atoms with E-state index in [1.54, 1.807) is 54.6 Å². The summed E-state index contributed by atoms with van der Waals surface area (Å²) in [6.07, 6.45) is 1.71. The molecule has 0 bridgehead atoms. The summed E-state index contributed by atoms with van der Waals surface area (Å²) in [5.41, 5.74) is 1.39. The Balaban J connectivity index is 1.82. The van der Waals surface area contributed by atoms with Crippen molar-refractivity contribution in [2.24, 2.45) is 0 Å². The van der Waals surface area contributed by atoms with Gasteiger partial charge in [-0.05, 0) is 29.3 Å². The third-order valence-electron chi connectivity index (χ3n) is 4.21. The van der Waals surface area contributed by atoms with Crippen LogP contribution in [0.5, 0.6) is 5.75 Å². The Morgan fingerprint density at radius 1 is 1.13 bits per heavy atom. The van der Waals surface area contributed by atoms with Crippen LogP contribution in [-0.2, 0) is 20.8 Å². The Labute approximate surface area is 182 Å². The molecule has 3 rings (SSSR count). The maximum absolute atomic E-state index is 12.9. The quantitative estimate of drug-likeness (QED) is 0.474. The van der Waals surface area contributed by atoms with E-state index in [0.717, 1.165) is 22.2 Å². The van der Waals surface area contributed by atoms with Gasteiger partial charge in [0.2, 0.25) is 0 Å². The summed E-state index contributed by atoms with van der Waals surface area (Å²) in [7, 11) is 0. The number of hydrogen-bond donors (Lipinski definition) is 2. The van der Waals surface area contributed by atoms with Crippen molar-refractivity contribution >= 4 is 52.2 Å². The molecule has 1 atom stereocenters. The molecule has 0 aromatic heterocycles. The maximum Gasteiger partial charge on any atom is 0.341 e. The third-order valence-corrected chi connectivity index (χ3v) is 5.54. The molecule has 1 aliphatic rings. The summed E-state index contributed by atoms with van der Waals surface area (Å²) in [6, 6.07) is 14.5. The fourth-order valence-corrected chi connectivity index (χ4v) is 4.22. The van der Waals surface area contributed by atoms with Gasteiger partial charge in [0.15, 0.2) is 6.61 Å². The van der Waals surface area contributed by atoms with E-state index in [1.165, 1.54) is 0 Å². The van der Waals surface area contributed by atoms with Crippen molar-refractivity contribution in [2.75, 3.05) is 6.61 Å². The Hall–Kier alpha value is -3.17. The van der Waals surface area contributed by atoms with Crippen molar-refractivity contribution in [1.29, 1.82) is 0 Å². The lowest BCUT2D eigenvalue weighted by Gasteiger charge is -2.23. The molecule has 0 radical (unpaired) electrons. The summed E-state index contributed by atoms with van der Waals surface area (Å²) in [5.74, 6) is -2.38. The first-order valence-electron chi connectivity index (χ1n) is 8.83. The second kappa shape index (κ2) is 9.55. The average Bonchev–Trinajstić information content (AvgIpc) is 2.98.